The number of anilines is 1. The minimum atomic E-state index is -1.07. The number of esters is 1. The molecule has 1 N–H and O–H groups in total. The number of hydrogen-bond donors (Lipinski definition) is 1. The van der Waals surface area contributed by atoms with Gasteiger partial charge in [0, 0.05) is 23.4 Å². The molecular formula is C35H34Cl2F2N2O9. The first-order chi connectivity index (χ1) is 23.9. The van der Waals surface area contributed by atoms with E-state index in [4.69, 9.17) is 47.3 Å². The largest absolute Gasteiger partial charge is 0.480 e. The third-order valence-electron chi connectivity index (χ3n) is 7.46. The van der Waals surface area contributed by atoms with Gasteiger partial charge in [-0.2, -0.15) is 0 Å². The summed E-state index contributed by atoms with van der Waals surface area (Å²) in [6.07, 6.45) is 5.70. The lowest BCUT2D eigenvalue weighted by molar-refractivity contribution is -0.146. The van der Waals surface area contributed by atoms with Crippen LogP contribution in [0.25, 0.3) is 0 Å². The maximum Gasteiger partial charge on any atom is 0.344 e. The van der Waals surface area contributed by atoms with Crippen LogP contribution in [0.5, 0.6) is 23.1 Å². The molecule has 0 saturated carbocycles. The first-order valence-corrected chi connectivity index (χ1v) is 16.5. The fraction of sp³-hybridized carbons (Fsp3) is 0.343. The molecule has 15 heteroatoms. The van der Waals surface area contributed by atoms with Gasteiger partial charge in [0.15, 0.2) is 18.5 Å². The Morgan fingerprint density at radius 3 is 2.20 bits per heavy atom. The molecular weight excluding hydrogens is 701 g/mol. The molecule has 0 unspecified atom stereocenters. The van der Waals surface area contributed by atoms with Crippen LogP contribution in [-0.2, 0) is 23.9 Å². The molecule has 0 bridgehead atoms. The van der Waals surface area contributed by atoms with Crippen LogP contribution >= 0.6 is 23.2 Å². The number of aromatic nitrogens is 1. The van der Waals surface area contributed by atoms with Crippen LogP contribution in [0.15, 0.2) is 59.8 Å². The summed E-state index contributed by atoms with van der Waals surface area (Å²) in [5, 5.41) is 8.84. The van der Waals surface area contributed by atoms with E-state index in [9.17, 15) is 28.0 Å². The summed E-state index contributed by atoms with van der Waals surface area (Å²) in [4.78, 5) is 52.3. The zero-order valence-corrected chi connectivity index (χ0v) is 28.7. The number of carbonyl (C=O) groups excluding carboxylic acids is 3. The van der Waals surface area contributed by atoms with Gasteiger partial charge in [0.2, 0.25) is 0 Å². The lowest BCUT2D eigenvalue weighted by atomic mass is 9.93. The number of carboxylic acid groups (broad SMARTS) is 1. The molecule has 2 aromatic carbocycles. The van der Waals surface area contributed by atoms with Gasteiger partial charge < -0.3 is 24.1 Å². The number of nitrogens with zero attached hydrogens (tertiary/aromatic N) is 2. The Morgan fingerprint density at radius 2 is 1.60 bits per heavy atom. The number of ether oxygens (including phenoxy) is 4. The topological polar surface area (TPSA) is 142 Å². The number of pyridine rings is 1. The fourth-order valence-corrected chi connectivity index (χ4v) is 5.25. The fourth-order valence-electron chi connectivity index (χ4n) is 4.90. The minimum absolute atomic E-state index is 0.000883. The Bertz CT molecular complexity index is 1740. The van der Waals surface area contributed by atoms with Crippen molar-refractivity contribution in [2.75, 3.05) is 18.1 Å². The average molecular weight is 736 g/mol. The van der Waals surface area contributed by atoms with E-state index in [0.717, 1.165) is 49.1 Å². The molecule has 11 nitrogen and oxygen atoms in total. The minimum Gasteiger partial charge on any atom is -0.480 e. The van der Waals surface area contributed by atoms with Crippen LogP contribution < -0.4 is 19.1 Å². The smallest absolute Gasteiger partial charge is 0.344 e. The highest BCUT2D eigenvalue weighted by Gasteiger charge is 2.41. The van der Waals surface area contributed by atoms with E-state index < -0.39 is 48.1 Å². The predicted octanol–water partition coefficient (Wildman–Crippen LogP) is 7.85. The first kappa shape index (κ1) is 38.1. The number of rotatable bonds is 13. The van der Waals surface area contributed by atoms with Gasteiger partial charge in [0.05, 0.1) is 22.3 Å². The summed E-state index contributed by atoms with van der Waals surface area (Å²) in [5.74, 6) is -3.66. The number of imide groups is 1. The van der Waals surface area contributed by atoms with E-state index in [1.807, 2.05) is 6.92 Å². The second-order valence-electron chi connectivity index (χ2n) is 11.2. The number of hydrogen-bond acceptors (Lipinski definition) is 9. The molecule has 0 fully saturated rings. The van der Waals surface area contributed by atoms with Crippen molar-refractivity contribution >= 4 is 52.6 Å². The summed E-state index contributed by atoms with van der Waals surface area (Å²) in [6.45, 7) is 3.35. The number of carboxylic acids is 1. The van der Waals surface area contributed by atoms with Crippen molar-refractivity contribution in [1.82, 2.24) is 4.98 Å². The Balaban J connectivity index is 0.000000237. The molecule has 0 saturated heterocycles. The van der Waals surface area contributed by atoms with Crippen molar-refractivity contribution in [2.24, 2.45) is 0 Å². The van der Waals surface area contributed by atoms with E-state index in [1.54, 1.807) is 0 Å². The normalized spacial score (nSPS) is 14.4. The maximum absolute atomic E-state index is 14.5. The number of aliphatic carboxylic acids is 1. The molecule has 0 spiro atoms. The van der Waals surface area contributed by atoms with Crippen LogP contribution in [0.4, 0.5) is 14.5 Å². The van der Waals surface area contributed by atoms with Gasteiger partial charge in [-0.25, -0.2) is 28.3 Å². The van der Waals surface area contributed by atoms with Crippen LogP contribution in [0.2, 0.25) is 10.0 Å². The lowest BCUT2D eigenvalue weighted by Crippen LogP contribution is -2.32. The van der Waals surface area contributed by atoms with Crippen molar-refractivity contribution < 1.29 is 52.0 Å². The summed E-state index contributed by atoms with van der Waals surface area (Å²) >= 11 is 11.6. The molecule has 1 aromatic heterocycles. The number of amides is 2. The van der Waals surface area contributed by atoms with Gasteiger partial charge in [0.1, 0.15) is 23.1 Å². The van der Waals surface area contributed by atoms with Crippen LogP contribution in [-0.4, -0.2) is 53.2 Å². The molecule has 2 amide bonds. The molecule has 0 radical (unpaired) electrons. The lowest BCUT2D eigenvalue weighted by Gasteiger charge is -2.18. The van der Waals surface area contributed by atoms with Gasteiger partial charge in [-0.3, -0.25) is 9.59 Å². The third-order valence-corrected chi connectivity index (χ3v) is 7.96. The highest BCUT2D eigenvalue weighted by Crippen LogP contribution is 2.39. The molecule has 3 aromatic rings. The molecule has 1 aliphatic carbocycles. The second-order valence-corrected chi connectivity index (χ2v) is 12.0. The van der Waals surface area contributed by atoms with Gasteiger partial charge in [-0.05, 0) is 75.4 Å². The standard InChI is InChI=1S/C21H23ClFNO5.C14H11ClFNO4/c1-2-3-6-9-28-19(25)12-29-18-11-17(16(23)10-15(18)22)24-20(26)13-7-4-5-8-14(13)21(24)27;1-8(14(18)19)20-10-2-4-11(5-3-10)21-13-12(16)6-9(15)7-17-13/h10-11H,2-9,12H2,1H3;2-8H,1H3,(H,18,19)/t;8-/m.1/s1. The Kier molecular flexibility index (Phi) is 13.5. The summed E-state index contributed by atoms with van der Waals surface area (Å²) in [6, 6.07) is 9.30. The van der Waals surface area contributed by atoms with Crippen molar-refractivity contribution in [3.63, 3.8) is 0 Å². The molecule has 1 aliphatic heterocycles. The number of unbranched alkanes of at least 4 members (excludes halogenated alkanes) is 2. The Hall–Kier alpha value is -4.75. The van der Waals surface area contributed by atoms with Crippen LogP contribution in [0.1, 0.15) is 58.8 Å². The quantitative estimate of drug-likeness (QED) is 0.105. The number of halogens is 4. The molecule has 2 heterocycles. The van der Waals surface area contributed by atoms with Gasteiger partial charge in [-0.1, -0.05) is 43.0 Å². The van der Waals surface area contributed by atoms with Crippen LogP contribution in [0, 0.1) is 11.6 Å². The molecule has 2 aliphatic rings. The van der Waals surface area contributed by atoms with Gasteiger partial charge >= 0.3 is 11.9 Å². The Morgan fingerprint density at radius 1 is 0.960 bits per heavy atom. The van der Waals surface area contributed by atoms with Gasteiger partial charge in [0.25, 0.3) is 17.7 Å². The highest BCUT2D eigenvalue weighted by atomic mass is 35.5. The molecule has 5 rings (SSSR count). The molecule has 1 atom stereocenters. The van der Waals surface area contributed by atoms with E-state index >= 15 is 0 Å². The molecule has 50 heavy (non-hydrogen) atoms. The average Bonchev–Trinajstić information content (AvgIpc) is 3.34. The summed E-state index contributed by atoms with van der Waals surface area (Å²) < 4.78 is 48.9. The van der Waals surface area contributed by atoms with Crippen LogP contribution in [0.3, 0.4) is 0 Å². The number of benzene rings is 2. The van der Waals surface area contributed by atoms with E-state index in [2.05, 4.69) is 4.98 Å². The zero-order valence-electron chi connectivity index (χ0n) is 27.2. The first-order valence-electron chi connectivity index (χ1n) is 15.8. The molecule has 266 valence electrons. The highest BCUT2D eigenvalue weighted by molar-refractivity contribution is 6.34. The van der Waals surface area contributed by atoms with E-state index in [0.29, 0.717) is 42.1 Å². The monoisotopic (exact) mass is 734 g/mol. The van der Waals surface area contributed by atoms with Crippen molar-refractivity contribution in [2.45, 2.75) is 64.9 Å². The zero-order chi connectivity index (χ0) is 36.4. The van der Waals surface area contributed by atoms with E-state index in [-0.39, 0.29) is 27.4 Å². The van der Waals surface area contributed by atoms with Crippen molar-refractivity contribution in [3.8, 4) is 23.1 Å². The number of carbonyl (C=O) groups is 4. The van der Waals surface area contributed by atoms with E-state index in [1.165, 1.54) is 43.5 Å². The summed E-state index contributed by atoms with van der Waals surface area (Å²) in [7, 11) is 0. The Labute approximate surface area is 296 Å². The predicted molar refractivity (Wildman–Crippen MR) is 179 cm³/mol. The van der Waals surface area contributed by atoms with Gasteiger partial charge in [-0.15, -0.1) is 0 Å². The third kappa shape index (κ3) is 9.91. The maximum atomic E-state index is 14.5. The van der Waals surface area contributed by atoms with Crippen molar-refractivity contribution in [1.29, 1.82) is 0 Å². The SMILES string of the molecule is CCCCCOC(=O)COc1cc(N2C(=O)C3=C(CCCC3)C2=O)c(F)cc1Cl.C[C@@H](Oc1ccc(Oc2ncc(Cl)cc2F)cc1)C(=O)O. The summed E-state index contributed by atoms with van der Waals surface area (Å²) in [5.41, 5.74) is 0.674. The van der Waals surface area contributed by atoms with Crippen molar-refractivity contribution in [3.05, 3.63) is 81.5 Å². The second kappa shape index (κ2) is 17.8.